The molecule has 306 valence electrons. The fourth-order valence-electron chi connectivity index (χ4n) is 11.1. The Labute approximate surface area is 378 Å². The lowest BCUT2D eigenvalue weighted by molar-refractivity contribution is 0.661. The van der Waals surface area contributed by atoms with E-state index in [0.717, 1.165) is 66.8 Å². The monoisotopic (exact) mass is 829 g/mol. The van der Waals surface area contributed by atoms with Gasteiger partial charge in [0.25, 0.3) is 0 Å². The van der Waals surface area contributed by atoms with Gasteiger partial charge in [0.05, 0.1) is 17.1 Å². The third kappa shape index (κ3) is 5.67. The summed E-state index contributed by atoms with van der Waals surface area (Å²) in [6.45, 7) is 4.79. The molecule has 0 unspecified atom stereocenters. The molecule has 0 N–H and O–H groups in total. The van der Waals surface area contributed by atoms with Gasteiger partial charge in [0.2, 0.25) is 0 Å². The van der Waals surface area contributed by atoms with Crippen LogP contribution >= 0.6 is 0 Å². The molecule has 2 nitrogen and oxygen atoms in total. The summed E-state index contributed by atoms with van der Waals surface area (Å²) in [5.74, 6) is 0. The van der Waals surface area contributed by atoms with E-state index < -0.39 is 0 Å². The SMILES string of the molecule is CC1(C)c2ccccc2-c2cccc(N(c3ccccc3-c3cc4ccccc4c4ccccc34)c3cccc(-c4cccc5c4oc4ccccc45)c3-c3ccc4ccccc4c3)c21. The zero-order valence-corrected chi connectivity index (χ0v) is 36.2. The number of rotatable bonds is 6. The van der Waals surface area contributed by atoms with E-state index >= 15 is 0 Å². The minimum absolute atomic E-state index is 0.286. The summed E-state index contributed by atoms with van der Waals surface area (Å²) in [6.07, 6.45) is 0. The van der Waals surface area contributed by atoms with Crippen LogP contribution in [0.15, 0.2) is 229 Å². The Morgan fingerprint density at radius 3 is 1.80 bits per heavy atom. The van der Waals surface area contributed by atoms with Gasteiger partial charge >= 0.3 is 0 Å². The van der Waals surface area contributed by atoms with Crippen molar-refractivity contribution in [1.82, 2.24) is 0 Å². The summed E-state index contributed by atoms with van der Waals surface area (Å²) in [5, 5.41) is 9.58. The van der Waals surface area contributed by atoms with Gasteiger partial charge in [-0.1, -0.05) is 202 Å². The van der Waals surface area contributed by atoms with E-state index in [4.69, 9.17) is 4.42 Å². The second-order valence-corrected chi connectivity index (χ2v) is 18.0. The number of para-hydroxylation sites is 3. The van der Waals surface area contributed by atoms with Crippen molar-refractivity contribution in [3.63, 3.8) is 0 Å². The molecule has 0 radical (unpaired) electrons. The predicted molar refractivity (Wildman–Crippen MR) is 275 cm³/mol. The van der Waals surface area contributed by atoms with Gasteiger partial charge < -0.3 is 9.32 Å². The van der Waals surface area contributed by atoms with Gasteiger partial charge in [0, 0.05) is 32.9 Å². The molecule has 11 aromatic carbocycles. The molecule has 0 spiro atoms. The lowest BCUT2D eigenvalue weighted by atomic mass is 9.81. The van der Waals surface area contributed by atoms with Crippen molar-refractivity contribution in [2.24, 2.45) is 0 Å². The number of nitrogens with zero attached hydrogens (tertiary/aromatic N) is 1. The second-order valence-electron chi connectivity index (χ2n) is 18.0. The fraction of sp³-hybridized carbons (Fsp3) is 0.0476. The average molecular weight is 830 g/mol. The van der Waals surface area contributed by atoms with Gasteiger partial charge in [0.15, 0.2) is 0 Å². The Morgan fingerprint density at radius 1 is 0.354 bits per heavy atom. The Hall–Kier alpha value is -8.20. The van der Waals surface area contributed by atoms with Crippen LogP contribution in [0.2, 0.25) is 0 Å². The molecule has 0 saturated carbocycles. The standard InChI is InChI=1S/C63H43NO/c1-63(2)55-31-12-9-24-47(55)51-28-17-34-58(61(51)63)64(56-32-13-10-25-48(56)54-39-42-20-5-6-21-44(42)45-22-7-8-23-46(45)54)57-33-16-27-50(60(57)43-37-36-40-18-3-4-19-41(40)38-43)53-30-15-29-52-49-26-11-14-35-59(49)65-62(52)53/h3-39H,1-2H3. The topological polar surface area (TPSA) is 16.4 Å². The molecular weight excluding hydrogens is 787 g/mol. The van der Waals surface area contributed by atoms with Gasteiger partial charge in [0.1, 0.15) is 11.2 Å². The van der Waals surface area contributed by atoms with Gasteiger partial charge in [-0.2, -0.15) is 0 Å². The summed E-state index contributed by atoms with van der Waals surface area (Å²) in [6, 6.07) is 82.4. The van der Waals surface area contributed by atoms with Crippen molar-refractivity contribution < 1.29 is 4.42 Å². The van der Waals surface area contributed by atoms with Crippen molar-refractivity contribution >= 4 is 71.3 Å². The Bertz CT molecular complexity index is 3890. The molecule has 1 aromatic heterocycles. The Balaban J connectivity index is 1.17. The molecule has 0 atom stereocenters. The predicted octanol–water partition coefficient (Wildman–Crippen LogP) is 17.8. The lowest BCUT2D eigenvalue weighted by Gasteiger charge is -2.35. The highest BCUT2D eigenvalue weighted by molar-refractivity contribution is 6.16. The van der Waals surface area contributed by atoms with E-state index in [1.54, 1.807) is 0 Å². The van der Waals surface area contributed by atoms with Crippen molar-refractivity contribution in [3.8, 4) is 44.5 Å². The zero-order chi connectivity index (χ0) is 43.2. The summed E-state index contributed by atoms with van der Waals surface area (Å²) in [5.41, 5.74) is 16.9. The molecule has 1 aliphatic rings. The normalized spacial score (nSPS) is 12.9. The highest BCUT2D eigenvalue weighted by atomic mass is 16.3. The molecule has 12 aromatic rings. The molecule has 1 heterocycles. The summed E-state index contributed by atoms with van der Waals surface area (Å²) >= 11 is 0. The van der Waals surface area contributed by atoms with E-state index in [9.17, 15) is 0 Å². The second kappa shape index (κ2) is 14.4. The first-order valence-corrected chi connectivity index (χ1v) is 22.6. The van der Waals surface area contributed by atoms with Crippen LogP contribution in [0.3, 0.4) is 0 Å². The zero-order valence-electron chi connectivity index (χ0n) is 36.2. The third-order valence-electron chi connectivity index (χ3n) is 14.0. The number of benzene rings is 11. The van der Waals surface area contributed by atoms with Crippen LogP contribution in [-0.2, 0) is 5.41 Å². The Morgan fingerprint density at radius 2 is 0.938 bits per heavy atom. The van der Waals surface area contributed by atoms with E-state index in [2.05, 4.69) is 243 Å². The van der Waals surface area contributed by atoms with Crippen LogP contribution in [0.5, 0.6) is 0 Å². The number of anilines is 3. The largest absolute Gasteiger partial charge is 0.455 e. The number of fused-ring (bicyclic) bond motifs is 10. The van der Waals surface area contributed by atoms with Gasteiger partial charge in [-0.25, -0.2) is 0 Å². The van der Waals surface area contributed by atoms with Crippen molar-refractivity contribution in [1.29, 1.82) is 0 Å². The average Bonchev–Trinajstić information content (AvgIpc) is 3.86. The fourth-order valence-corrected chi connectivity index (χ4v) is 11.1. The van der Waals surface area contributed by atoms with E-state index in [-0.39, 0.29) is 5.41 Å². The maximum atomic E-state index is 6.83. The molecule has 0 aliphatic heterocycles. The first-order valence-electron chi connectivity index (χ1n) is 22.6. The van der Waals surface area contributed by atoms with Gasteiger partial charge in [-0.15, -0.1) is 0 Å². The van der Waals surface area contributed by atoms with Crippen LogP contribution in [0.4, 0.5) is 17.1 Å². The van der Waals surface area contributed by atoms with Crippen LogP contribution < -0.4 is 4.90 Å². The molecule has 13 rings (SSSR count). The van der Waals surface area contributed by atoms with E-state index in [1.165, 1.54) is 60.1 Å². The van der Waals surface area contributed by atoms with Crippen LogP contribution in [0.25, 0.3) is 98.8 Å². The molecule has 0 saturated heterocycles. The number of hydrogen-bond donors (Lipinski definition) is 0. The first kappa shape index (κ1) is 37.4. The number of hydrogen-bond acceptors (Lipinski definition) is 2. The molecule has 2 heteroatoms. The maximum Gasteiger partial charge on any atom is 0.143 e. The van der Waals surface area contributed by atoms with Gasteiger partial charge in [-0.05, 0) is 108 Å². The maximum absolute atomic E-state index is 6.83. The highest BCUT2D eigenvalue weighted by Crippen LogP contribution is 2.57. The molecule has 0 amide bonds. The molecule has 65 heavy (non-hydrogen) atoms. The van der Waals surface area contributed by atoms with Crippen molar-refractivity contribution in [2.45, 2.75) is 19.3 Å². The molecule has 0 fully saturated rings. The highest BCUT2D eigenvalue weighted by Gasteiger charge is 2.39. The minimum Gasteiger partial charge on any atom is -0.455 e. The van der Waals surface area contributed by atoms with E-state index in [0.29, 0.717) is 0 Å². The van der Waals surface area contributed by atoms with Gasteiger partial charge in [-0.3, -0.25) is 0 Å². The molecule has 1 aliphatic carbocycles. The van der Waals surface area contributed by atoms with E-state index in [1.807, 2.05) is 0 Å². The summed E-state index contributed by atoms with van der Waals surface area (Å²) in [7, 11) is 0. The molecular formula is C63H43NO. The van der Waals surface area contributed by atoms with Crippen LogP contribution in [-0.4, -0.2) is 0 Å². The smallest absolute Gasteiger partial charge is 0.143 e. The Kier molecular flexibility index (Phi) is 8.29. The lowest BCUT2D eigenvalue weighted by Crippen LogP contribution is -2.21. The van der Waals surface area contributed by atoms with Crippen molar-refractivity contribution in [2.75, 3.05) is 4.90 Å². The van der Waals surface area contributed by atoms with Crippen LogP contribution in [0, 0.1) is 0 Å². The summed E-state index contributed by atoms with van der Waals surface area (Å²) < 4.78 is 6.83. The first-order chi connectivity index (χ1) is 32.0. The minimum atomic E-state index is -0.286. The summed E-state index contributed by atoms with van der Waals surface area (Å²) in [4.78, 5) is 2.58. The third-order valence-corrected chi connectivity index (χ3v) is 14.0. The molecule has 0 bridgehead atoms. The van der Waals surface area contributed by atoms with Crippen molar-refractivity contribution in [3.05, 3.63) is 236 Å². The number of furan rings is 1. The van der Waals surface area contributed by atoms with Crippen LogP contribution in [0.1, 0.15) is 25.0 Å². The quantitative estimate of drug-likeness (QED) is 0.155.